The van der Waals surface area contributed by atoms with Gasteiger partial charge in [0.15, 0.2) is 23.1 Å². The zero-order chi connectivity index (χ0) is 23.5. The van der Waals surface area contributed by atoms with Crippen molar-refractivity contribution in [2.45, 2.75) is 27.2 Å². The van der Waals surface area contributed by atoms with Crippen LogP contribution in [0, 0.1) is 11.3 Å². The van der Waals surface area contributed by atoms with E-state index >= 15 is 0 Å². The van der Waals surface area contributed by atoms with Gasteiger partial charge < -0.3 is 0 Å². The second kappa shape index (κ2) is 9.18. The van der Waals surface area contributed by atoms with E-state index in [-0.39, 0.29) is 40.3 Å². The Hall–Kier alpha value is -3.73. The molecule has 162 valence electrons. The van der Waals surface area contributed by atoms with Crippen LogP contribution in [0.3, 0.4) is 0 Å². The zero-order valence-electron chi connectivity index (χ0n) is 18.3. The van der Waals surface area contributed by atoms with E-state index in [1.165, 1.54) is 32.9 Å². The lowest BCUT2D eigenvalue weighted by atomic mass is 9.61. The molecule has 0 heterocycles. The first-order chi connectivity index (χ1) is 15.2. The number of allylic oxidation sites excluding steroid dienone is 4. The first kappa shape index (κ1) is 22.9. The second-order valence-electron chi connectivity index (χ2n) is 8.05. The molecule has 1 aliphatic rings. The fourth-order valence-corrected chi connectivity index (χ4v) is 4.09. The summed E-state index contributed by atoms with van der Waals surface area (Å²) >= 11 is 0. The molecule has 1 unspecified atom stereocenters. The zero-order valence-corrected chi connectivity index (χ0v) is 18.3. The topological polar surface area (TPSA) is 85.3 Å². The van der Waals surface area contributed by atoms with Crippen LogP contribution in [0.2, 0.25) is 0 Å². The van der Waals surface area contributed by atoms with Gasteiger partial charge in [-0.15, -0.1) is 0 Å². The summed E-state index contributed by atoms with van der Waals surface area (Å²) < 4.78 is 0. The van der Waals surface area contributed by atoms with E-state index in [9.17, 15) is 24.0 Å². The highest BCUT2D eigenvalue weighted by Crippen LogP contribution is 2.45. The van der Waals surface area contributed by atoms with Crippen molar-refractivity contribution in [3.8, 4) is 0 Å². The van der Waals surface area contributed by atoms with E-state index < -0.39 is 28.7 Å². The molecule has 0 amide bonds. The third kappa shape index (κ3) is 4.33. The van der Waals surface area contributed by atoms with Crippen LogP contribution in [0.4, 0.5) is 0 Å². The molecule has 2 aromatic carbocycles. The molecule has 0 saturated heterocycles. The largest absolute Gasteiger partial charge is 0.299 e. The van der Waals surface area contributed by atoms with Crippen molar-refractivity contribution < 1.29 is 24.0 Å². The molecule has 5 nitrogen and oxygen atoms in total. The van der Waals surface area contributed by atoms with Gasteiger partial charge in [0.25, 0.3) is 0 Å². The van der Waals surface area contributed by atoms with Crippen molar-refractivity contribution in [2.24, 2.45) is 11.3 Å². The Balaban J connectivity index is 2.29. The van der Waals surface area contributed by atoms with Gasteiger partial charge in [-0.1, -0.05) is 66.7 Å². The number of hydrogen-bond donors (Lipinski definition) is 0. The van der Waals surface area contributed by atoms with E-state index in [4.69, 9.17) is 0 Å². The number of Topliss-reactive ketones (excluding diaryl/α,β-unsaturated/α-hetero) is 5. The highest BCUT2D eigenvalue weighted by Gasteiger charge is 2.51. The van der Waals surface area contributed by atoms with Gasteiger partial charge in [0.2, 0.25) is 0 Å². The molecule has 0 N–H and O–H groups in total. The predicted octanol–water partition coefficient (Wildman–Crippen LogP) is 4.38. The Morgan fingerprint density at radius 2 is 1.19 bits per heavy atom. The van der Waals surface area contributed by atoms with Crippen molar-refractivity contribution in [2.75, 3.05) is 0 Å². The highest BCUT2D eigenvalue weighted by molar-refractivity contribution is 6.20. The molecule has 1 aliphatic carbocycles. The Morgan fingerprint density at radius 1 is 0.719 bits per heavy atom. The average Bonchev–Trinajstić information content (AvgIpc) is 2.79. The van der Waals surface area contributed by atoms with Gasteiger partial charge in [-0.2, -0.15) is 0 Å². The van der Waals surface area contributed by atoms with E-state index in [0.717, 1.165) is 0 Å². The Labute approximate surface area is 186 Å². The minimum atomic E-state index is -1.66. The SMILES string of the molecule is CC(=O)C1=CC(C(C)=O)(C(C(=O)c2ccccc2)C(=O)c2ccccc2)CC(C(C)=O)=C1. The summed E-state index contributed by atoms with van der Waals surface area (Å²) in [6.45, 7) is 3.96. The molecule has 3 rings (SSSR count). The van der Waals surface area contributed by atoms with Crippen LogP contribution < -0.4 is 0 Å². The van der Waals surface area contributed by atoms with E-state index in [1.54, 1.807) is 60.7 Å². The molecule has 0 radical (unpaired) electrons. The van der Waals surface area contributed by atoms with Crippen LogP contribution in [0.15, 0.2) is 84.0 Å². The number of carbonyl (C=O) groups is 5. The van der Waals surface area contributed by atoms with Gasteiger partial charge in [0, 0.05) is 16.7 Å². The maximum Gasteiger partial charge on any atom is 0.175 e. The molecule has 1 atom stereocenters. The average molecular weight is 428 g/mol. The lowest BCUT2D eigenvalue weighted by Gasteiger charge is -2.38. The van der Waals surface area contributed by atoms with Crippen LogP contribution in [0.1, 0.15) is 47.9 Å². The van der Waals surface area contributed by atoms with E-state index in [2.05, 4.69) is 0 Å². The van der Waals surface area contributed by atoms with E-state index in [1.807, 2.05) is 0 Å². The third-order valence-electron chi connectivity index (χ3n) is 5.90. The lowest BCUT2D eigenvalue weighted by Crippen LogP contribution is -2.46. The van der Waals surface area contributed by atoms with Gasteiger partial charge in [0.1, 0.15) is 11.7 Å². The summed E-state index contributed by atoms with van der Waals surface area (Å²) in [4.78, 5) is 65.2. The third-order valence-corrected chi connectivity index (χ3v) is 5.90. The Bertz CT molecular complexity index is 1100. The van der Waals surface area contributed by atoms with Gasteiger partial charge >= 0.3 is 0 Å². The monoisotopic (exact) mass is 428 g/mol. The first-order valence-corrected chi connectivity index (χ1v) is 10.3. The standard InChI is InChI=1S/C27H24O5/c1-17(28)22-14-23(18(2)29)16-27(15-22,19(3)30)24(25(31)20-10-6-4-7-11-20)26(32)21-12-8-5-9-13-21/h4-15,24H,16H2,1-3H3. The Kier molecular flexibility index (Phi) is 6.58. The summed E-state index contributed by atoms with van der Waals surface area (Å²) in [6, 6.07) is 16.5. The van der Waals surface area contributed by atoms with Gasteiger partial charge in [-0.25, -0.2) is 0 Å². The van der Waals surface area contributed by atoms with Crippen LogP contribution >= 0.6 is 0 Å². The fraction of sp³-hybridized carbons (Fsp3) is 0.222. The molecule has 2 aromatic rings. The van der Waals surface area contributed by atoms with E-state index in [0.29, 0.717) is 0 Å². The predicted molar refractivity (Wildman–Crippen MR) is 120 cm³/mol. The minimum absolute atomic E-state index is 0.129. The van der Waals surface area contributed by atoms with Crippen molar-refractivity contribution in [3.63, 3.8) is 0 Å². The van der Waals surface area contributed by atoms with Gasteiger partial charge in [-0.3, -0.25) is 24.0 Å². The molecule has 0 bridgehead atoms. The quantitative estimate of drug-likeness (QED) is 0.460. The summed E-state index contributed by atoms with van der Waals surface area (Å²) in [6.07, 6.45) is 2.73. The van der Waals surface area contributed by atoms with Crippen molar-refractivity contribution in [1.29, 1.82) is 0 Å². The van der Waals surface area contributed by atoms with Crippen molar-refractivity contribution in [3.05, 3.63) is 95.1 Å². The fourth-order valence-electron chi connectivity index (χ4n) is 4.09. The molecule has 0 fully saturated rings. The molecule has 0 saturated carbocycles. The maximum atomic E-state index is 13.7. The smallest absolute Gasteiger partial charge is 0.175 e. The molecule has 32 heavy (non-hydrogen) atoms. The second-order valence-corrected chi connectivity index (χ2v) is 8.05. The summed E-state index contributed by atoms with van der Waals surface area (Å²) in [5.74, 6) is -3.62. The van der Waals surface area contributed by atoms with Crippen LogP contribution in [-0.4, -0.2) is 28.9 Å². The normalized spacial score (nSPS) is 17.9. The molecule has 0 aromatic heterocycles. The number of carbonyl (C=O) groups excluding carboxylic acids is 5. The summed E-state index contributed by atoms with van der Waals surface area (Å²) in [5.41, 5.74) is -0.724. The molecule has 5 heteroatoms. The van der Waals surface area contributed by atoms with Crippen molar-refractivity contribution in [1.82, 2.24) is 0 Å². The number of benzene rings is 2. The highest BCUT2D eigenvalue weighted by atomic mass is 16.2. The molecule has 0 aliphatic heterocycles. The Morgan fingerprint density at radius 3 is 1.56 bits per heavy atom. The lowest BCUT2D eigenvalue weighted by molar-refractivity contribution is -0.125. The van der Waals surface area contributed by atoms with Crippen molar-refractivity contribution >= 4 is 28.9 Å². The number of hydrogen-bond acceptors (Lipinski definition) is 5. The molecule has 0 spiro atoms. The number of rotatable bonds is 8. The summed E-state index contributed by atoms with van der Waals surface area (Å²) in [5, 5.41) is 0. The van der Waals surface area contributed by atoms with Gasteiger partial charge in [0.05, 0.1) is 5.41 Å². The first-order valence-electron chi connectivity index (χ1n) is 10.3. The van der Waals surface area contributed by atoms with Crippen LogP contribution in [0.25, 0.3) is 0 Å². The number of ketones is 5. The summed E-state index contributed by atoms with van der Waals surface area (Å²) in [7, 11) is 0. The molecular weight excluding hydrogens is 404 g/mol. The van der Waals surface area contributed by atoms with Gasteiger partial charge in [-0.05, 0) is 38.8 Å². The van der Waals surface area contributed by atoms with Crippen LogP contribution in [0.5, 0.6) is 0 Å². The van der Waals surface area contributed by atoms with Crippen LogP contribution in [-0.2, 0) is 14.4 Å². The molecular formula is C27H24O5. The minimum Gasteiger partial charge on any atom is -0.299 e. The maximum absolute atomic E-state index is 13.7.